The number of aromatic hydroxyl groups is 1. The van der Waals surface area contributed by atoms with E-state index < -0.39 is 6.10 Å². The summed E-state index contributed by atoms with van der Waals surface area (Å²) in [6.45, 7) is 2.16. The summed E-state index contributed by atoms with van der Waals surface area (Å²) in [5.74, 6) is 1.33. The topological polar surface area (TPSA) is 72.7 Å². The van der Waals surface area contributed by atoms with Gasteiger partial charge in [0.25, 0.3) is 0 Å². The molecule has 0 spiro atoms. The highest BCUT2D eigenvalue weighted by Gasteiger charge is 2.55. The number of aryl methyl sites for hydroxylation is 1. The number of allylic oxidation sites excluding steroid dienone is 2. The number of rotatable bonds is 1. The van der Waals surface area contributed by atoms with Crippen LogP contribution < -0.4 is 5.48 Å². The smallest absolute Gasteiger partial charge is 0.115 e. The Morgan fingerprint density at radius 2 is 2.14 bits per heavy atom. The van der Waals surface area contributed by atoms with Crippen molar-refractivity contribution < 1.29 is 15.4 Å². The average Bonchev–Trinajstić information content (AvgIpc) is 2.82. The first kappa shape index (κ1) is 14.1. The van der Waals surface area contributed by atoms with Gasteiger partial charge in [-0.15, -0.1) is 0 Å². The summed E-state index contributed by atoms with van der Waals surface area (Å²) >= 11 is 0. The molecule has 4 rings (SSSR count). The van der Waals surface area contributed by atoms with Gasteiger partial charge in [0.2, 0.25) is 0 Å². The minimum atomic E-state index is -0.412. The van der Waals surface area contributed by atoms with Gasteiger partial charge in [-0.3, -0.25) is 10.7 Å². The van der Waals surface area contributed by atoms with E-state index in [-0.39, 0.29) is 11.3 Å². The van der Waals surface area contributed by atoms with Crippen molar-refractivity contribution in [3.05, 3.63) is 41.1 Å². The Morgan fingerprint density at radius 3 is 2.91 bits per heavy atom. The molecule has 0 amide bonds. The fourth-order valence-electron chi connectivity index (χ4n) is 5.39. The molecule has 3 aliphatic carbocycles. The number of hydrogen-bond acceptors (Lipinski definition) is 4. The summed E-state index contributed by atoms with van der Waals surface area (Å²) in [5.41, 5.74) is 5.45. The lowest BCUT2D eigenvalue weighted by atomic mass is 9.54. The predicted molar refractivity (Wildman–Crippen MR) is 82.5 cm³/mol. The molecule has 22 heavy (non-hydrogen) atoms. The normalized spacial score (nSPS) is 39.5. The molecule has 1 aromatic rings. The minimum Gasteiger partial charge on any atom is -0.508 e. The molecule has 0 aliphatic heterocycles. The van der Waals surface area contributed by atoms with Crippen LogP contribution in [0.1, 0.15) is 43.2 Å². The molecule has 0 saturated heterocycles. The monoisotopic (exact) mass is 301 g/mol. The van der Waals surface area contributed by atoms with Gasteiger partial charge in [-0.25, -0.2) is 0 Å². The Morgan fingerprint density at radius 1 is 1.32 bits per heavy atom. The molecule has 0 aromatic heterocycles. The van der Waals surface area contributed by atoms with E-state index in [9.17, 15) is 15.4 Å². The van der Waals surface area contributed by atoms with Crippen LogP contribution in [0.15, 0.2) is 30.0 Å². The zero-order chi connectivity index (χ0) is 15.5. The van der Waals surface area contributed by atoms with Crippen molar-refractivity contribution in [3.63, 3.8) is 0 Å². The van der Waals surface area contributed by atoms with Gasteiger partial charge in [0, 0.05) is 17.0 Å². The molecule has 5 unspecified atom stereocenters. The highest BCUT2D eigenvalue weighted by Crippen LogP contribution is 2.60. The minimum absolute atomic E-state index is 0.147. The largest absolute Gasteiger partial charge is 0.508 e. The highest BCUT2D eigenvalue weighted by atomic mass is 16.5. The summed E-state index contributed by atoms with van der Waals surface area (Å²) in [5, 5.41) is 30.0. The quantitative estimate of drug-likeness (QED) is 0.602. The standard InChI is InChI=1S/C18H23NO3/c1-18-9-15(21)17-12-5-3-11(20)8-10(12)2-4-13(17)14(18)6-7-16(18)19-22/h3,5,7-8,13-15,17,19-22H,2,4,6,9H2,1H3. The van der Waals surface area contributed by atoms with Gasteiger partial charge >= 0.3 is 0 Å². The molecule has 4 nitrogen and oxygen atoms in total. The summed E-state index contributed by atoms with van der Waals surface area (Å²) < 4.78 is 0. The number of benzene rings is 1. The van der Waals surface area contributed by atoms with Crippen LogP contribution in [-0.4, -0.2) is 21.5 Å². The first-order chi connectivity index (χ1) is 10.5. The third-order valence-electron chi connectivity index (χ3n) is 6.39. The Hall–Kier alpha value is -1.52. The summed E-state index contributed by atoms with van der Waals surface area (Å²) in [6, 6.07) is 5.57. The van der Waals surface area contributed by atoms with E-state index in [2.05, 4.69) is 18.5 Å². The number of nitrogens with one attached hydrogen (secondary N) is 1. The fourth-order valence-corrected chi connectivity index (χ4v) is 5.39. The van der Waals surface area contributed by atoms with Crippen LogP contribution in [0.2, 0.25) is 0 Å². The van der Waals surface area contributed by atoms with E-state index in [1.165, 1.54) is 11.1 Å². The van der Waals surface area contributed by atoms with E-state index in [0.29, 0.717) is 24.0 Å². The van der Waals surface area contributed by atoms with E-state index in [1.807, 2.05) is 12.1 Å². The van der Waals surface area contributed by atoms with E-state index in [1.54, 1.807) is 6.07 Å². The average molecular weight is 301 g/mol. The van der Waals surface area contributed by atoms with E-state index in [0.717, 1.165) is 25.0 Å². The number of phenols is 1. The number of phenolic OH excluding ortho intramolecular Hbond substituents is 1. The second-order valence-corrected chi connectivity index (χ2v) is 7.37. The van der Waals surface area contributed by atoms with Crippen LogP contribution in [0.4, 0.5) is 0 Å². The van der Waals surface area contributed by atoms with Gasteiger partial charge in [0.05, 0.1) is 6.10 Å². The van der Waals surface area contributed by atoms with Crippen LogP contribution in [0.5, 0.6) is 5.75 Å². The lowest BCUT2D eigenvalue weighted by Crippen LogP contribution is -2.49. The molecule has 0 bridgehead atoms. The molecule has 118 valence electrons. The molecule has 4 N–H and O–H groups in total. The van der Waals surface area contributed by atoms with Crippen molar-refractivity contribution in [2.45, 2.75) is 44.6 Å². The predicted octanol–water partition coefficient (Wildman–Crippen LogP) is 2.69. The molecular weight excluding hydrogens is 278 g/mol. The van der Waals surface area contributed by atoms with Gasteiger partial charge in [-0.2, -0.15) is 0 Å². The van der Waals surface area contributed by atoms with Gasteiger partial charge in [0.15, 0.2) is 0 Å². The second kappa shape index (κ2) is 4.74. The fraction of sp³-hybridized carbons (Fsp3) is 0.556. The molecule has 0 radical (unpaired) electrons. The maximum Gasteiger partial charge on any atom is 0.115 e. The Balaban J connectivity index is 1.74. The highest BCUT2D eigenvalue weighted by molar-refractivity contribution is 5.41. The second-order valence-electron chi connectivity index (χ2n) is 7.37. The SMILES string of the molecule is CC12CC(O)C3c4ccc(O)cc4CCC3C1CC=C2NO. The Bertz CT molecular complexity index is 641. The van der Waals surface area contributed by atoms with Crippen molar-refractivity contribution in [1.29, 1.82) is 0 Å². The molecule has 5 atom stereocenters. The molecule has 1 fully saturated rings. The molecule has 1 aromatic carbocycles. The first-order valence-corrected chi connectivity index (χ1v) is 8.15. The van der Waals surface area contributed by atoms with Gasteiger partial charge < -0.3 is 10.2 Å². The zero-order valence-corrected chi connectivity index (χ0v) is 12.8. The van der Waals surface area contributed by atoms with Crippen LogP contribution in [0, 0.1) is 17.3 Å². The third-order valence-corrected chi connectivity index (χ3v) is 6.39. The van der Waals surface area contributed by atoms with E-state index >= 15 is 0 Å². The van der Waals surface area contributed by atoms with Gasteiger partial charge in [-0.1, -0.05) is 19.1 Å². The molecule has 4 heteroatoms. The third kappa shape index (κ3) is 1.77. The zero-order valence-electron chi connectivity index (χ0n) is 12.8. The van der Waals surface area contributed by atoms with Crippen LogP contribution in [-0.2, 0) is 6.42 Å². The van der Waals surface area contributed by atoms with Crippen molar-refractivity contribution in [2.24, 2.45) is 17.3 Å². The van der Waals surface area contributed by atoms with Crippen molar-refractivity contribution in [1.82, 2.24) is 5.48 Å². The van der Waals surface area contributed by atoms with Crippen molar-refractivity contribution in [3.8, 4) is 5.75 Å². The summed E-state index contributed by atoms with van der Waals surface area (Å²) in [4.78, 5) is 0. The maximum atomic E-state index is 10.8. The maximum absolute atomic E-state index is 10.8. The number of fused-ring (bicyclic) bond motifs is 5. The van der Waals surface area contributed by atoms with Crippen molar-refractivity contribution in [2.75, 3.05) is 0 Å². The van der Waals surface area contributed by atoms with Gasteiger partial charge in [-0.05, 0) is 60.8 Å². The van der Waals surface area contributed by atoms with Crippen LogP contribution >= 0.6 is 0 Å². The molecule has 0 heterocycles. The van der Waals surface area contributed by atoms with Crippen LogP contribution in [0.3, 0.4) is 0 Å². The summed E-state index contributed by atoms with van der Waals surface area (Å²) in [6.07, 6.45) is 5.28. The van der Waals surface area contributed by atoms with E-state index in [4.69, 9.17) is 0 Å². The molecular formula is C18H23NO3. The Kier molecular flexibility index (Phi) is 3.03. The molecule has 3 aliphatic rings. The Labute approximate surface area is 130 Å². The van der Waals surface area contributed by atoms with Crippen molar-refractivity contribution >= 4 is 0 Å². The lowest BCUT2D eigenvalue weighted by Gasteiger charge is -2.52. The summed E-state index contributed by atoms with van der Waals surface area (Å²) in [7, 11) is 0. The number of aliphatic hydroxyl groups is 1. The van der Waals surface area contributed by atoms with Gasteiger partial charge in [0.1, 0.15) is 5.75 Å². The number of aliphatic hydroxyl groups excluding tert-OH is 1. The lowest BCUT2D eigenvalue weighted by molar-refractivity contribution is -0.0361. The number of hydrogen-bond donors (Lipinski definition) is 4. The molecule has 1 saturated carbocycles. The van der Waals surface area contributed by atoms with Crippen LogP contribution in [0.25, 0.3) is 0 Å². The first-order valence-electron chi connectivity index (χ1n) is 8.15. The number of hydroxylamine groups is 1.